The molecule has 0 atom stereocenters. The van der Waals surface area contributed by atoms with Crippen LogP contribution in [-0.4, -0.2) is 30.7 Å². The SMILES string of the molecule is CN=C(NCCCCn1c(C)cccc1=O)NCC1(c2cccc(F)c2)CC1. The smallest absolute Gasteiger partial charge is 0.250 e. The Hall–Kier alpha value is -2.63. The molecule has 1 heterocycles. The minimum atomic E-state index is -0.181. The number of halogens is 1. The number of hydrogen-bond acceptors (Lipinski definition) is 2. The second-order valence-corrected chi connectivity index (χ2v) is 7.51. The van der Waals surface area contributed by atoms with E-state index in [1.165, 1.54) is 6.07 Å². The summed E-state index contributed by atoms with van der Waals surface area (Å²) in [5, 5.41) is 6.70. The Morgan fingerprint density at radius 3 is 2.64 bits per heavy atom. The first kappa shape index (κ1) is 20.1. The van der Waals surface area contributed by atoms with Gasteiger partial charge in [-0.05, 0) is 56.4 Å². The maximum Gasteiger partial charge on any atom is 0.250 e. The highest BCUT2D eigenvalue weighted by molar-refractivity contribution is 5.79. The number of nitrogens with one attached hydrogen (secondary N) is 2. The molecule has 0 saturated heterocycles. The second-order valence-electron chi connectivity index (χ2n) is 7.51. The molecule has 150 valence electrons. The number of benzene rings is 1. The number of aliphatic imine (C=N–C) groups is 1. The van der Waals surface area contributed by atoms with E-state index in [2.05, 4.69) is 15.6 Å². The first-order valence-corrected chi connectivity index (χ1v) is 9.91. The van der Waals surface area contributed by atoms with Crippen LogP contribution < -0.4 is 16.2 Å². The van der Waals surface area contributed by atoms with Crippen molar-refractivity contribution < 1.29 is 4.39 Å². The highest BCUT2D eigenvalue weighted by Gasteiger charge is 2.44. The van der Waals surface area contributed by atoms with Crippen LogP contribution >= 0.6 is 0 Å². The Morgan fingerprint density at radius 1 is 1.18 bits per heavy atom. The third kappa shape index (κ3) is 5.00. The Bertz CT molecular complexity index is 886. The molecule has 5 nitrogen and oxygen atoms in total. The normalized spacial score (nSPS) is 15.3. The minimum Gasteiger partial charge on any atom is -0.356 e. The summed E-state index contributed by atoms with van der Waals surface area (Å²) in [4.78, 5) is 16.2. The summed E-state index contributed by atoms with van der Waals surface area (Å²) in [7, 11) is 1.75. The lowest BCUT2D eigenvalue weighted by atomic mass is 9.96. The van der Waals surface area contributed by atoms with Gasteiger partial charge >= 0.3 is 0 Å². The lowest BCUT2D eigenvalue weighted by Gasteiger charge is -2.19. The molecule has 1 saturated carbocycles. The van der Waals surface area contributed by atoms with Crippen LogP contribution in [0.4, 0.5) is 4.39 Å². The van der Waals surface area contributed by atoms with Gasteiger partial charge in [0.15, 0.2) is 5.96 Å². The van der Waals surface area contributed by atoms with Crippen LogP contribution in [0.2, 0.25) is 0 Å². The second kappa shape index (κ2) is 9.04. The minimum absolute atomic E-state index is 0.0196. The largest absolute Gasteiger partial charge is 0.356 e. The average Bonchev–Trinajstić information content (AvgIpc) is 3.47. The maximum absolute atomic E-state index is 13.5. The number of pyridine rings is 1. The number of hydrogen-bond donors (Lipinski definition) is 2. The molecule has 1 fully saturated rings. The summed E-state index contributed by atoms with van der Waals surface area (Å²) in [5.41, 5.74) is 2.12. The van der Waals surface area contributed by atoms with E-state index in [4.69, 9.17) is 0 Å². The fraction of sp³-hybridized carbons (Fsp3) is 0.455. The molecule has 1 aromatic carbocycles. The van der Waals surface area contributed by atoms with Gasteiger partial charge in [0.1, 0.15) is 5.82 Å². The van der Waals surface area contributed by atoms with Crippen molar-refractivity contribution in [1.82, 2.24) is 15.2 Å². The van der Waals surface area contributed by atoms with Gasteiger partial charge < -0.3 is 15.2 Å². The molecule has 1 aliphatic carbocycles. The van der Waals surface area contributed by atoms with E-state index in [0.29, 0.717) is 0 Å². The van der Waals surface area contributed by atoms with Crippen molar-refractivity contribution in [3.8, 4) is 0 Å². The monoisotopic (exact) mass is 384 g/mol. The molecule has 0 amide bonds. The Balaban J connectivity index is 1.41. The average molecular weight is 384 g/mol. The third-order valence-corrected chi connectivity index (χ3v) is 5.48. The molecular weight excluding hydrogens is 355 g/mol. The number of nitrogens with zero attached hydrogens (tertiary/aromatic N) is 2. The van der Waals surface area contributed by atoms with Crippen LogP contribution in [0.25, 0.3) is 0 Å². The lowest BCUT2D eigenvalue weighted by Crippen LogP contribution is -2.41. The Kier molecular flexibility index (Phi) is 6.49. The van der Waals surface area contributed by atoms with E-state index in [9.17, 15) is 9.18 Å². The van der Waals surface area contributed by atoms with Crippen molar-refractivity contribution in [3.05, 3.63) is 69.9 Å². The molecule has 28 heavy (non-hydrogen) atoms. The predicted octanol–water partition coefficient (Wildman–Crippen LogP) is 2.97. The van der Waals surface area contributed by atoms with Gasteiger partial charge in [-0.15, -0.1) is 0 Å². The highest BCUT2D eigenvalue weighted by Crippen LogP contribution is 2.47. The quantitative estimate of drug-likeness (QED) is 0.418. The van der Waals surface area contributed by atoms with Crippen molar-refractivity contribution in [2.45, 2.75) is 44.6 Å². The first-order chi connectivity index (χ1) is 13.5. The van der Waals surface area contributed by atoms with Crippen LogP contribution in [0.5, 0.6) is 0 Å². The molecule has 6 heteroatoms. The van der Waals surface area contributed by atoms with Crippen molar-refractivity contribution in [2.24, 2.45) is 4.99 Å². The summed E-state index contributed by atoms with van der Waals surface area (Å²) < 4.78 is 15.3. The van der Waals surface area contributed by atoms with E-state index in [-0.39, 0.29) is 16.8 Å². The van der Waals surface area contributed by atoms with Gasteiger partial charge in [0.05, 0.1) is 0 Å². The maximum atomic E-state index is 13.5. The van der Waals surface area contributed by atoms with Gasteiger partial charge in [-0.25, -0.2) is 4.39 Å². The molecule has 0 radical (unpaired) electrons. The number of unbranched alkanes of at least 4 members (excludes halogenated alkanes) is 1. The molecule has 1 aliphatic rings. The van der Waals surface area contributed by atoms with E-state index in [1.807, 2.05) is 23.6 Å². The summed E-state index contributed by atoms with van der Waals surface area (Å²) in [6, 6.07) is 12.2. The van der Waals surface area contributed by atoms with Gasteiger partial charge in [-0.3, -0.25) is 9.79 Å². The zero-order valence-corrected chi connectivity index (χ0v) is 16.7. The number of aromatic nitrogens is 1. The molecule has 0 aliphatic heterocycles. The van der Waals surface area contributed by atoms with Crippen LogP contribution in [0.1, 0.15) is 36.9 Å². The van der Waals surface area contributed by atoms with Crippen LogP contribution in [0.15, 0.2) is 52.3 Å². The summed E-state index contributed by atoms with van der Waals surface area (Å²) >= 11 is 0. The standard InChI is InChI=1S/C22H29FN4O/c1-17-7-5-10-20(28)27(17)14-4-3-13-25-21(24-2)26-16-22(11-12-22)18-8-6-9-19(23)15-18/h5-10,15H,3-4,11-14,16H2,1-2H3,(H2,24,25,26). The summed E-state index contributed by atoms with van der Waals surface area (Å²) in [5.74, 6) is 0.578. The molecule has 0 bridgehead atoms. The highest BCUT2D eigenvalue weighted by atomic mass is 19.1. The lowest BCUT2D eigenvalue weighted by molar-refractivity contribution is 0.572. The van der Waals surface area contributed by atoms with Crippen LogP contribution in [-0.2, 0) is 12.0 Å². The Labute approximate surface area is 165 Å². The molecule has 3 rings (SSSR count). The molecule has 0 unspecified atom stereocenters. The van der Waals surface area contributed by atoms with Gasteiger partial charge in [-0.1, -0.05) is 18.2 Å². The fourth-order valence-electron chi connectivity index (χ4n) is 3.52. The van der Waals surface area contributed by atoms with Gasteiger partial charge in [-0.2, -0.15) is 0 Å². The summed E-state index contributed by atoms with van der Waals surface area (Å²) in [6.07, 6.45) is 3.98. The van der Waals surface area contributed by atoms with Crippen molar-refractivity contribution in [2.75, 3.05) is 20.1 Å². The Morgan fingerprint density at radius 2 is 1.96 bits per heavy atom. The first-order valence-electron chi connectivity index (χ1n) is 9.91. The van der Waals surface area contributed by atoms with Crippen LogP contribution in [0, 0.1) is 12.7 Å². The van der Waals surface area contributed by atoms with E-state index < -0.39 is 0 Å². The molecule has 2 aromatic rings. The predicted molar refractivity (Wildman–Crippen MR) is 111 cm³/mol. The van der Waals surface area contributed by atoms with E-state index in [0.717, 1.165) is 62.5 Å². The zero-order valence-electron chi connectivity index (χ0n) is 16.7. The van der Waals surface area contributed by atoms with Gasteiger partial charge in [0, 0.05) is 43.9 Å². The van der Waals surface area contributed by atoms with Gasteiger partial charge in [0.25, 0.3) is 5.56 Å². The van der Waals surface area contributed by atoms with Crippen molar-refractivity contribution >= 4 is 5.96 Å². The molecule has 2 N–H and O–H groups in total. The van der Waals surface area contributed by atoms with E-state index >= 15 is 0 Å². The number of guanidine groups is 1. The number of rotatable bonds is 8. The number of aryl methyl sites for hydroxylation is 1. The summed E-state index contributed by atoms with van der Waals surface area (Å²) in [6.45, 7) is 4.21. The third-order valence-electron chi connectivity index (χ3n) is 5.48. The topological polar surface area (TPSA) is 58.4 Å². The van der Waals surface area contributed by atoms with E-state index in [1.54, 1.807) is 31.3 Å². The molecule has 1 aromatic heterocycles. The van der Waals surface area contributed by atoms with Crippen molar-refractivity contribution in [3.63, 3.8) is 0 Å². The fourth-order valence-corrected chi connectivity index (χ4v) is 3.52. The van der Waals surface area contributed by atoms with Crippen LogP contribution in [0.3, 0.4) is 0 Å². The molecular formula is C22H29FN4O. The van der Waals surface area contributed by atoms with Gasteiger partial charge in [0.2, 0.25) is 0 Å². The zero-order chi connectivity index (χ0) is 20.0. The molecule has 0 spiro atoms. The van der Waals surface area contributed by atoms with Crippen molar-refractivity contribution in [1.29, 1.82) is 0 Å².